The van der Waals surface area contributed by atoms with Gasteiger partial charge in [-0.3, -0.25) is 9.59 Å². The van der Waals surface area contributed by atoms with E-state index in [1.807, 2.05) is 25.1 Å². The molecule has 1 atom stereocenters. The molecule has 0 bridgehead atoms. The molecule has 2 rings (SSSR count). The van der Waals surface area contributed by atoms with Gasteiger partial charge in [0.25, 0.3) is 0 Å². The van der Waals surface area contributed by atoms with Gasteiger partial charge in [0.15, 0.2) is 0 Å². The van der Waals surface area contributed by atoms with Gasteiger partial charge in [-0.2, -0.15) is 0 Å². The molecule has 1 aliphatic rings. The molecular formula is C13H16N2O2S. The number of thioether (sulfide) groups is 1. The molecule has 18 heavy (non-hydrogen) atoms. The summed E-state index contributed by atoms with van der Waals surface area (Å²) >= 11 is 1.13. The highest BCUT2D eigenvalue weighted by atomic mass is 32.2. The van der Waals surface area contributed by atoms with Crippen molar-refractivity contribution in [2.24, 2.45) is 0 Å². The average Bonchev–Trinajstić information content (AvgIpc) is 2.88. The minimum Gasteiger partial charge on any atom is -0.332 e. The summed E-state index contributed by atoms with van der Waals surface area (Å²) in [6, 6.07) is 5.21. The first-order chi connectivity index (χ1) is 8.72. The molecule has 0 aliphatic carbocycles. The van der Waals surface area contributed by atoms with Crippen molar-refractivity contribution in [2.45, 2.75) is 37.3 Å². The largest absolute Gasteiger partial charge is 0.332 e. The highest BCUT2D eigenvalue weighted by Crippen LogP contribution is 2.26. The van der Waals surface area contributed by atoms with E-state index in [4.69, 9.17) is 0 Å². The summed E-state index contributed by atoms with van der Waals surface area (Å²) in [5.74, 6) is 0.0625. The van der Waals surface area contributed by atoms with Crippen LogP contribution in [0.15, 0.2) is 29.4 Å². The van der Waals surface area contributed by atoms with E-state index in [2.05, 4.69) is 4.98 Å². The molecule has 1 fully saturated rings. The van der Waals surface area contributed by atoms with Gasteiger partial charge in [-0.05, 0) is 36.7 Å². The molecule has 0 spiro atoms. The maximum Gasteiger partial charge on any atom is 0.222 e. The van der Waals surface area contributed by atoms with Crippen LogP contribution in [-0.4, -0.2) is 33.5 Å². The van der Waals surface area contributed by atoms with E-state index in [0.717, 1.165) is 24.6 Å². The summed E-state index contributed by atoms with van der Waals surface area (Å²) in [7, 11) is 0. The maximum absolute atomic E-state index is 12.2. The van der Waals surface area contributed by atoms with Gasteiger partial charge in [-0.1, -0.05) is 13.0 Å². The fourth-order valence-corrected chi connectivity index (χ4v) is 2.94. The summed E-state index contributed by atoms with van der Waals surface area (Å²) in [6.45, 7) is 2.53. The quantitative estimate of drug-likeness (QED) is 0.784. The third-order valence-electron chi connectivity index (χ3n) is 2.99. The van der Waals surface area contributed by atoms with Crippen molar-refractivity contribution < 1.29 is 9.59 Å². The topological polar surface area (TPSA) is 50.3 Å². The first kappa shape index (κ1) is 13.1. The number of pyridine rings is 1. The highest BCUT2D eigenvalue weighted by Gasteiger charge is 2.33. The van der Waals surface area contributed by atoms with Crippen LogP contribution in [0.5, 0.6) is 0 Å². The predicted octanol–water partition coefficient (Wildman–Crippen LogP) is 2.10. The van der Waals surface area contributed by atoms with Gasteiger partial charge < -0.3 is 4.90 Å². The molecule has 0 N–H and O–H groups in total. The molecule has 1 amide bonds. The smallest absolute Gasteiger partial charge is 0.222 e. The Balaban J connectivity index is 2.02. The van der Waals surface area contributed by atoms with E-state index < -0.39 is 0 Å². The molecule has 1 aromatic rings. The van der Waals surface area contributed by atoms with E-state index in [1.165, 1.54) is 0 Å². The van der Waals surface area contributed by atoms with Crippen LogP contribution in [0.3, 0.4) is 0 Å². The molecule has 0 saturated carbocycles. The van der Waals surface area contributed by atoms with Gasteiger partial charge >= 0.3 is 0 Å². The van der Waals surface area contributed by atoms with Gasteiger partial charge in [0.1, 0.15) is 11.1 Å². The summed E-state index contributed by atoms with van der Waals surface area (Å²) in [6.07, 6.45) is 3.80. The fourth-order valence-electron chi connectivity index (χ4n) is 2.09. The fraction of sp³-hybridized carbons (Fsp3) is 0.462. The number of amides is 1. The molecule has 1 aliphatic heterocycles. The SMILES string of the molecule is CCC(=O)N1CCCC1C(=O)Sc1ccccn1. The number of carbonyl (C=O) groups excluding carboxylic acids is 2. The van der Waals surface area contributed by atoms with E-state index in [-0.39, 0.29) is 17.1 Å². The lowest BCUT2D eigenvalue weighted by Gasteiger charge is -2.22. The van der Waals surface area contributed by atoms with Gasteiger partial charge in [0.2, 0.25) is 11.0 Å². The first-order valence-corrected chi connectivity index (χ1v) is 6.96. The van der Waals surface area contributed by atoms with Crippen molar-refractivity contribution >= 4 is 22.8 Å². The zero-order valence-electron chi connectivity index (χ0n) is 10.3. The van der Waals surface area contributed by atoms with Crippen LogP contribution in [0.4, 0.5) is 0 Å². The third-order valence-corrected chi connectivity index (χ3v) is 3.91. The van der Waals surface area contributed by atoms with Crippen LogP contribution in [-0.2, 0) is 9.59 Å². The Hall–Kier alpha value is -1.36. The normalized spacial score (nSPS) is 18.9. The van der Waals surface area contributed by atoms with E-state index in [9.17, 15) is 9.59 Å². The standard InChI is InChI=1S/C13H16N2O2S/c1-2-12(16)15-9-5-6-10(15)13(17)18-11-7-3-4-8-14-11/h3-4,7-8,10H,2,5-6,9H2,1H3. The molecule has 4 nitrogen and oxygen atoms in total. The summed E-state index contributed by atoms with van der Waals surface area (Å²) < 4.78 is 0. The van der Waals surface area contributed by atoms with Crippen molar-refractivity contribution in [3.63, 3.8) is 0 Å². The van der Waals surface area contributed by atoms with E-state index >= 15 is 0 Å². The second-order valence-electron chi connectivity index (χ2n) is 4.19. The summed E-state index contributed by atoms with van der Waals surface area (Å²) in [4.78, 5) is 29.7. The van der Waals surface area contributed by atoms with E-state index in [0.29, 0.717) is 18.0 Å². The highest BCUT2D eigenvalue weighted by molar-refractivity contribution is 8.13. The zero-order valence-corrected chi connectivity index (χ0v) is 11.2. The monoisotopic (exact) mass is 264 g/mol. The van der Waals surface area contributed by atoms with Crippen LogP contribution < -0.4 is 0 Å². The Bertz CT molecular complexity index is 436. The van der Waals surface area contributed by atoms with Gasteiger partial charge in [-0.15, -0.1) is 0 Å². The predicted molar refractivity (Wildman–Crippen MR) is 70.1 cm³/mol. The van der Waals surface area contributed by atoms with Crippen LogP contribution in [0.2, 0.25) is 0 Å². The number of hydrogen-bond acceptors (Lipinski definition) is 4. The Morgan fingerprint density at radius 2 is 2.33 bits per heavy atom. The average molecular weight is 264 g/mol. The molecule has 1 unspecified atom stereocenters. The van der Waals surface area contributed by atoms with E-state index in [1.54, 1.807) is 11.1 Å². The van der Waals surface area contributed by atoms with Gasteiger partial charge in [0, 0.05) is 19.2 Å². The molecule has 2 heterocycles. The van der Waals surface area contributed by atoms with Gasteiger partial charge in [0.05, 0.1) is 0 Å². The molecule has 0 radical (unpaired) electrons. The van der Waals surface area contributed by atoms with Crippen LogP contribution in [0, 0.1) is 0 Å². The maximum atomic E-state index is 12.2. The lowest BCUT2D eigenvalue weighted by atomic mass is 10.2. The zero-order chi connectivity index (χ0) is 13.0. The van der Waals surface area contributed by atoms with Crippen molar-refractivity contribution in [3.05, 3.63) is 24.4 Å². The van der Waals surface area contributed by atoms with Gasteiger partial charge in [-0.25, -0.2) is 4.98 Å². The summed E-state index contributed by atoms with van der Waals surface area (Å²) in [5, 5.41) is 0.714. The molecule has 1 saturated heterocycles. The van der Waals surface area contributed by atoms with Crippen molar-refractivity contribution in [2.75, 3.05) is 6.54 Å². The van der Waals surface area contributed by atoms with Crippen LogP contribution >= 0.6 is 11.8 Å². The number of carbonyl (C=O) groups is 2. The number of rotatable bonds is 3. The Labute approximate surface area is 111 Å². The lowest BCUT2D eigenvalue weighted by molar-refractivity contribution is -0.134. The second kappa shape index (κ2) is 6.00. The summed E-state index contributed by atoms with van der Waals surface area (Å²) in [5.41, 5.74) is 0. The molecule has 1 aromatic heterocycles. The Morgan fingerprint density at radius 3 is 3.00 bits per heavy atom. The molecule has 0 aromatic carbocycles. The lowest BCUT2D eigenvalue weighted by Crippen LogP contribution is -2.39. The van der Waals surface area contributed by atoms with Crippen LogP contribution in [0.25, 0.3) is 0 Å². The number of aromatic nitrogens is 1. The Kier molecular flexibility index (Phi) is 4.36. The first-order valence-electron chi connectivity index (χ1n) is 6.14. The molecule has 5 heteroatoms. The van der Waals surface area contributed by atoms with Crippen molar-refractivity contribution in [1.29, 1.82) is 0 Å². The van der Waals surface area contributed by atoms with Crippen molar-refractivity contribution in [1.82, 2.24) is 9.88 Å². The third kappa shape index (κ3) is 2.90. The molecular weight excluding hydrogens is 248 g/mol. The van der Waals surface area contributed by atoms with Crippen LogP contribution in [0.1, 0.15) is 26.2 Å². The minimum absolute atomic E-state index is 0.0213. The Morgan fingerprint density at radius 1 is 1.50 bits per heavy atom. The minimum atomic E-state index is -0.274. The number of nitrogens with zero attached hydrogens (tertiary/aromatic N) is 2. The second-order valence-corrected chi connectivity index (χ2v) is 5.21. The molecule has 96 valence electrons. The number of hydrogen-bond donors (Lipinski definition) is 0. The number of likely N-dealkylation sites (tertiary alicyclic amines) is 1. The van der Waals surface area contributed by atoms with Crippen molar-refractivity contribution in [3.8, 4) is 0 Å².